The van der Waals surface area contributed by atoms with E-state index >= 15 is 0 Å². The summed E-state index contributed by atoms with van der Waals surface area (Å²) in [6, 6.07) is 11.3. The van der Waals surface area contributed by atoms with Gasteiger partial charge in [0, 0.05) is 25.9 Å². The molecule has 0 saturated carbocycles. The Morgan fingerprint density at radius 3 is 2.62 bits per heavy atom. The number of anilines is 1. The van der Waals surface area contributed by atoms with E-state index in [9.17, 15) is 14.4 Å². The van der Waals surface area contributed by atoms with Crippen molar-refractivity contribution in [2.75, 3.05) is 18.9 Å². The van der Waals surface area contributed by atoms with E-state index in [0.29, 0.717) is 24.6 Å². The lowest BCUT2D eigenvalue weighted by atomic mass is 10.0. The summed E-state index contributed by atoms with van der Waals surface area (Å²) in [5, 5.41) is 8.07. The van der Waals surface area contributed by atoms with Crippen LogP contribution in [-0.2, 0) is 16.1 Å². The molecule has 1 aromatic carbocycles. The third kappa shape index (κ3) is 5.88. The van der Waals surface area contributed by atoms with Gasteiger partial charge in [-0.15, -0.1) is 0 Å². The molecule has 0 spiro atoms. The molecular weight excluding hydrogens is 498 g/mol. The minimum atomic E-state index is -0.340. The highest BCUT2D eigenvalue weighted by atomic mass is 79.9. The van der Waals surface area contributed by atoms with Crippen molar-refractivity contribution in [3.8, 4) is 0 Å². The van der Waals surface area contributed by atoms with Gasteiger partial charge in [0.2, 0.25) is 5.91 Å². The standard InChI is InChI=1S/C19H23N3O3.C6H7BrN2/c1-12(2)14-6-7-16-17(9-14)22(20-19(16)13(3)24)10-18(25)21-8-4-5-15(21)11-23;1-8-6-4-2-3-5(7)9-6/h6-7,9,11-12,15H,4-5,8,10H2,1-3H3;2-4H,1H3,(H,8,9)/t15-;/m0./s1. The monoisotopic (exact) mass is 527 g/mol. The number of hydrogen-bond donors (Lipinski definition) is 1. The molecule has 1 saturated heterocycles. The number of aromatic nitrogens is 3. The fraction of sp³-hybridized carbons (Fsp3) is 0.400. The normalized spacial score (nSPS) is 15.2. The van der Waals surface area contributed by atoms with E-state index in [4.69, 9.17) is 0 Å². The molecule has 4 rings (SSSR count). The molecule has 1 fully saturated rings. The van der Waals surface area contributed by atoms with Crippen LogP contribution in [0.4, 0.5) is 5.82 Å². The molecule has 9 heteroatoms. The zero-order chi connectivity index (χ0) is 24.8. The Labute approximate surface area is 207 Å². The molecule has 0 unspecified atom stereocenters. The summed E-state index contributed by atoms with van der Waals surface area (Å²) in [5.41, 5.74) is 2.29. The molecule has 1 aliphatic rings. The van der Waals surface area contributed by atoms with Crippen LogP contribution in [0.3, 0.4) is 0 Å². The van der Waals surface area contributed by atoms with Crippen LogP contribution in [0.15, 0.2) is 41.0 Å². The van der Waals surface area contributed by atoms with E-state index in [1.165, 1.54) is 6.92 Å². The molecule has 0 radical (unpaired) electrons. The van der Waals surface area contributed by atoms with E-state index in [1.54, 1.807) is 9.58 Å². The van der Waals surface area contributed by atoms with E-state index in [-0.39, 0.29) is 24.3 Å². The van der Waals surface area contributed by atoms with Crippen molar-refractivity contribution >= 4 is 50.6 Å². The minimum absolute atomic E-state index is 0.0374. The van der Waals surface area contributed by atoms with Gasteiger partial charge in [-0.05, 0) is 58.5 Å². The summed E-state index contributed by atoms with van der Waals surface area (Å²) in [4.78, 5) is 41.4. The molecule has 1 aliphatic heterocycles. The van der Waals surface area contributed by atoms with E-state index < -0.39 is 0 Å². The van der Waals surface area contributed by atoms with Crippen molar-refractivity contribution in [2.24, 2.45) is 0 Å². The number of likely N-dealkylation sites (tertiary alicyclic amines) is 1. The second-order valence-corrected chi connectivity index (χ2v) is 9.33. The van der Waals surface area contributed by atoms with Crippen LogP contribution in [0.1, 0.15) is 55.6 Å². The van der Waals surface area contributed by atoms with Gasteiger partial charge in [-0.1, -0.05) is 32.0 Å². The fourth-order valence-corrected chi connectivity index (χ4v) is 4.28. The van der Waals surface area contributed by atoms with E-state index in [2.05, 4.69) is 45.2 Å². The Balaban J connectivity index is 0.000000302. The van der Waals surface area contributed by atoms with Crippen molar-refractivity contribution in [2.45, 2.75) is 52.1 Å². The number of halogens is 1. The van der Waals surface area contributed by atoms with Crippen LogP contribution < -0.4 is 5.32 Å². The number of hydrogen-bond acceptors (Lipinski definition) is 6. The molecule has 3 heterocycles. The lowest BCUT2D eigenvalue weighted by Gasteiger charge is -2.20. The average Bonchev–Trinajstić information content (AvgIpc) is 3.44. The van der Waals surface area contributed by atoms with Crippen LogP contribution >= 0.6 is 15.9 Å². The number of ketones is 1. The van der Waals surface area contributed by atoms with Crippen LogP contribution in [0.2, 0.25) is 0 Å². The van der Waals surface area contributed by atoms with Crippen molar-refractivity contribution in [1.82, 2.24) is 19.7 Å². The second-order valence-electron chi connectivity index (χ2n) is 8.52. The summed E-state index contributed by atoms with van der Waals surface area (Å²) in [6.07, 6.45) is 2.39. The van der Waals surface area contributed by atoms with Gasteiger partial charge in [0.15, 0.2) is 5.78 Å². The van der Waals surface area contributed by atoms with Crippen molar-refractivity contribution < 1.29 is 14.4 Å². The van der Waals surface area contributed by atoms with E-state index in [0.717, 1.165) is 39.6 Å². The number of carbonyl (C=O) groups excluding carboxylic acids is 3. The molecule has 3 aromatic rings. The smallest absolute Gasteiger partial charge is 0.244 e. The number of rotatable bonds is 6. The van der Waals surface area contributed by atoms with Gasteiger partial charge in [-0.3, -0.25) is 14.3 Å². The third-order valence-corrected chi connectivity index (χ3v) is 6.25. The molecule has 1 atom stereocenters. The number of aldehydes is 1. The summed E-state index contributed by atoms with van der Waals surface area (Å²) in [5.74, 6) is 0.955. The molecule has 2 aromatic heterocycles. The van der Waals surface area contributed by atoms with Crippen LogP contribution in [0.25, 0.3) is 10.9 Å². The number of fused-ring (bicyclic) bond motifs is 1. The molecule has 0 aliphatic carbocycles. The zero-order valence-corrected chi connectivity index (χ0v) is 21.5. The summed E-state index contributed by atoms with van der Waals surface area (Å²) < 4.78 is 2.45. The number of nitrogens with zero attached hydrogens (tertiary/aromatic N) is 4. The van der Waals surface area contributed by atoms with E-state index in [1.807, 2.05) is 43.4 Å². The number of benzene rings is 1. The summed E-state index contributed by atoms with van der Waals surface area (Å²) in [6.45, 7) is 6.30. The molecule has 1 amide bonds. The van der Waals surface area contributed by atoms with Gasteiger partial charge in [-0.2, -0.15) is 5.10 Å². The average molecular weight is 528 g/mol. The first-order valence-electron chi connectivity index (χ1n) is 11.3. The molecule has 0 bridgehead atoms. The highest BCUT2D eigenvalue weighted by molar-refractivity contribution is 9.10. The zero-order valence-electron chi connectivity index (χ0n) is 19.9. The van der Waals surface area contributed by atoms with Crippen molar-refractivity contribution in [3.05, 3.63) is 52.3 Å². The number of Topliss-reactive ketones (excluding diaryl/α,β-unsaturated/α-hetero) is 1. The van der Waals surface area contributed by atoms with Crippen LogP contribution in [-0.4, -0.2) is 57.3 Å². The number of pyridine rings is 1. The predicted octanol–water partition coefficient (Wildman–Crippen LogP) is 4.44. The molecule has 1 N–H and O–H groups in total. The van der Waals surface area contributed by atoms with Gasteiger partial charge in [0.05, 0.1) is 11.6 Å². The Morgan fingerprint density at radius 1 is 1.26 bits per heavy atom. The van der Waals surface area contributed by atoms with Gasteiger partial charge < -0.3 is 15.0 Å². The Hall–Kier alpha value is -3.07. The maximum absolute atomic E-state index is 12.6. The van der Waals surface area contributed by atoms with Crippen LogP contribution in [0.5, 0.6) is 0 Å². The SMILES string of the molecule is CC(=O)c1nn(CC(=O)N2CCC[C@H]2C=O)c2cc(C(C)C)ccc12.CNc1cccc(Br)n1. The highest BCUT2D eigenvalue weighted by Crippen LogP contribution is 2.25. The van der Waals surface area contributed by atoms with Crippen LogP contribution in [0, 0.1) is 0 Å². The topological polar surface area (TPSA) is 97.2 Å². The van der Waals surface area contributed by atoms with Gasteiger partial charge in [0.1, 0.15) is 28.9 Å². The third-order valence-electron chi connectivity index (χ3n) is 5.81. The predicted molar refractivity (Wildman–Crippen MR) is 136 cm³/mol. The fourth-order valence-electron chi connectivity index (χ4n) is 3.94. The largest absolute Gasteiger partial charge is 0.373 e. The van der Waals surface area contributed by atoms with Gasteiger partial charge in [0.25, 0.3) is 0 Å². The maximum Gasteiger partial charge on any atom is 0.244 e. The quantitative estimate of drug-likeness (QED) is 0.289. The first-order chi connectivity index (χ1) is 16.2. The summed E-state index contributed by atoms with van der Waals surface area (Å²) >= 11 is 3.25. The van der Waals surface area contributed by atoms with Crippen molar-refractivity contribution in [1.29, 1.82) is 0 Å². The second kappa shape index (κ2) is 11.4. The molecule has 180 valence electrons. The maximum atomic E-state index is 12.6. The Bertz CT molecular complexity index is 1190. The first kappa shape index (κ1) is 25.6. The number of amides is 1. The van der Waals surface area contributed by atoms with Gasteiger partial charge >= 0.3 is 0 Å². The number of carbonyl (C=O) groups is 3. The lowest BCUT2D eigenvalue weighted by Crippen LogP contribution is -2.38. The van der Waals surface area contributed by atoms with Gasteiger partial charge in [-0.25, -0.2) is 4.98 Å². The molecular formula is C25H30BrN5O3. The lowest BCUT2D eigenvalue weighted by molar-refractivity contribution is -0.135. The molecule has 8 nitrogen and oxygen atoms in total. The van der Waals surface area contributed by atoms with Crippen molar-refractivity contribution in [3.63, 3.8) is 0 Å². The number of nitrogens with one attached hydrogen (secondary N) is 1. The minimum Gasteiger partial charge on any atom is -0.373 e. The Kier molecular flexibility index (Phi) is 8.55. The Morgan fingerprint density at radius 2 is 2.03 bits per heavy atom. The molecule has 34 heavy (non-hydrogen) atoms. The summed E-state index contributed by atoms with van der Waals surface area (Å²) in [7, 11) is 1.84. The highest BCUT2D eigenvalue weighted by Gasteiger charge is 2.29. The first-order valence-corrected chi connectivity index (χ1v) is 12.1.